The Hall–Kier alpha value is -4.08. The Bertz CT molecular complexity index is 1440. The zero-order chi connectivity index (χ0) is 27.5. The number of pyridine rings is 2. The minimum Gasteiger partial charge on any atom is -0.463 e. The number of halogens is 7. The van der Waals surface area contributed by atoms with Crippen LogP contribution >= 0.6 is 11.6 Å². The SMILES string of the molecule is Cn1c(C(F)(F)F)cc(=O)n(-c2nc(Oc3cccnc3OCC(=O)OCC(F)F)c(Cl)cc2F)c1=O. The molecule has 0 aliphatic rings. The lowest BCUT2D eigenvalue weighted by Crippen LogP contribution is -2.41. The third-order valence-corrected chi connectivity index (χ3v) is 4.61. The number of carbonyl (C=O) groups is 1. The molecule has 198 valence electrons. The lowest BCUT2D eigenvalue weighted by Gasteiger charge is -2.15. The van der Waals surface area contributed by atoms with Crippen molar-refractivity contribution in [2.45, 2.75) is 12.6 Å². The highest BCUT2D eigenvalue weighted by Crippen LogP contribution is 2.34. The highest BCUT2D eigenvalue weighted by molar-refractivity contribution is 6.31. The van der Waals surface area contributed by atoms with Crippen molar-refractivity contribution >= 4 is 17.6 Å². The van der Waals surface area contributed by atoms with E-state index in [-0.39, 0.29) is 26.8 Å². The number of rotatable bonds is 8. The molecule has 0 saturated carbocycles. The van der Waals surface area contributed by atoms with E-state index in [1.165, 1.54) is 18.3 Å². The van der Waals surface area contributed by atoms with Gasteiger partial charge in [-0.1, -0.05) is 11.6 Å². The monoisotopic (exact) mass is 554 g/mol. The molecule has 0 aromatic carbocycles. The second-order valence-electron chi connectivity index (χ2n) is 6.89. The summed E-state index contributed by atoms with van der Waals surface area (Å²) in [4.78, 5) is 43.7. The van der Waals surface area contributed by atoms with Crippen molar-refractivity contribution in [1.82, 2.24) is 19.1 Å². The number of esters is 1. The van der Waals surface area contributed by atoms with Crippen LogP contribution in [0.15, 0.2) is 40.1 Å². The van der Waals surface area contributed by atoms with E-state index in [4.69, 9.17) is 21.1 Å². The van der Waals surface area contributed by atoms with Gasteiger partial charge in [0.15, 0.2) is 30.6 Å². The van der Waals surface area contributed by atoms with Crippen LogP contribution in [0.25, 0.3) is 5.82 Å². The Morgan fingerprint density at radius 3 is 2.54 bits per heavy atom. The third-order valence-electron chi connectivity index (χ3n) is 4.34. The normalized spacial score (nSPS) is 11.5. The molecule has 0 radical (unpaired) electrons. The van der Waals surface area contributed by atoms with Gasteiger partial charge in [-0.3, -0.25) is 9.36 Å². The van der Waals surface area contributed by atoms with Gasteiger partial charge in [0.2, 0.25) is 5.88 Å². The van der Waals surface area contributed by atoms with E-state index in [0.29, 0.717) is 6.07 Å². The van der Waals surface area contributed by atoms with Crippen LogP contribution in [0.4, 0.5) is 26.3 Å². The molecule has 0 N–H and O–H groups in total. The van der Waals surface area contributed by atoms with Crippen LogP contribution in [0.3, 0.4) is 0 Å². The average Bonchev–Trinajstić information content (AvgIpc) is 2.81. The first-order valence-corrected chi connectivity index (χ1v) is 10.1. The summed E-state index contributed by atoms with van der Waals surface area (Å²) in [5.41, 5.74) is -4.68. The van der Waals surface area contributed by atoms with Gasteiger partial charge in [-0.05, 0) is 12.1 Å². The lowest BCUT2D eigenvalue weighted by atomic mass is 10.3. The van der Waals surface area contributed by atoms with E-state index in [2.05, 4.69) is 14.7 Å². The third kappa shape index (κ3) is 6.38. The van der Waals surface area contributed by atoms with E-state index >= 15 is 0 Å². The average molecular weight is 555 g/mol. The van der Waals surface area contributed by atoms with Crippen LogP contribution in [0.2, 0.25) is 5.02 Å². The Balaban J connectivity index is 1.97. The molecule has 3 aromatic rings. The van der Waals surface area contributed by atoms with Crippen LogP contribution in [0.1, 0.15) is 5.69 Å². The summed E-state index contributed by atoms with van der Waals surface area (Å²) in [6, 6.07) is 3.21. The lowest BCUT2D eigenvalue weighted by molar-refractivity contribution is -0.150. The van der Waals surface area contributed by atoms with Crippen LogP contribution in [-0.2, 0) is 22.8 Å². The van der Waals surface area contributed by atoms with Gasteiger partial charge in [0.1, 0.15) is 10.7 Å². The number of hydrogen-bond acceptors (Lipinski definition) is 8. The van der Waals surface area contributed by atoms with Gasteiger partial charge >= 0.3 is 17.8 Å². The minimum atomic E-state index is -5.05. The molecule has 0 fully saturated rings. The highest BCUT2D eigenvalue weighted by atomic mass is 35.5. The predicted octanol–water partition coefficient (Wildman–Crippen LogP) is 3.12. The molecule has 17 heteroatoms. The Labute approximate surface area is 206 Å². The fourth-order valence-electron chi connectivity index (χ4n) is 2.75. The summed E-state index contributed by atoms with van der Waals surface area (Å²) in [7, 11) is 0.720. The summed E-state index contributed by atoms with van der Waals surface area (Å²) < 4.78 is 93.0. The molecule has 0 atom stereocenters. The van der Waals surface area contributed by atoms with E-state index < -0.39 is 71.3 Å². The molecule has 3 rings (SSSR count). The van der Waals surface area contributed by atoms with E-state index in [0.717, 1.165) is 7.05 Å². The van der Waals surface area contributed by atoms with Crippen molar-refractivity contribution in [3.8, 4) is 23.3 Å². The summed E-state index contributed by atoms with van der Waals surface area (Å²) in [6.45, 7) is -2.01. The maximum atomic E-state index is 14.6. The molecule has 0 aliphatic carbocycles. The first kappa shape index (κ1) is 27.5. The molecule has 0 bridgehead atoms. The van der Waals surface area contributed by atoms with Gasteiger partial charge < -0.3 is 14.2 Å². The molecular weight excluding hydrogens is 542 g/mol. The molecule has 0 unspecified atom stereocenters. The Kier molecular flexibility index (Phi) is 8.10. The Morgan fingerprint density at radius 2 is 1.89 bits per heavy atom. The number of aromatic nitrogens is 4. The second-order valence-corrected chi connectivity index (χ2v) is 7.30. The fraction of sp³-hybridized carbons (Fsp3) is 0.250. The van der Waals surface area contributed by atoms with Crippen molar-refractivity contribution in [1.29, 1.82) is 0 Å². The van der Waals surface area contributed by atoms with Gasteiger partial charge in [-0.2, -0.15) is 18.2 Å². The van der Waals surface area contributed by atoms with Crippen molar-refractivity contribution < 1.29 is 45.3 Å². The van der Waals surface area contributed by atoms with E-state index in [1.54, 1.807) is 0 Å². The Morgan fingerprint density at radius 1 is 1.19 bits per heavy atom. The van der Waals surface area contributed by atoms with Gasteiger partial charge in [0.05, 0.1) is 0 Å². The highest BCUT2D eigenvalue weighted by Gasteiger charge is 2.35. The maximum Gasteiger partial charge on any atom is 0.431 e. The number of hydrogen-bond donors (Lipinski definition) is 0. The summed E-state index contributed by atoms with van der Waals surface area (Å²) in [6.07, 6.45) is -6.74. The predicted molar refractivity (Wildman–Crippen MR) is 112 cm³/mol. The van der Waals surface area contributed by atoms with Gasteiger partial charge in [-0.25, -0.2) is 32.3 Å². The van der Waals surface area contributed by atoms with Gasteiger partial charge in [0.25, 0.3) is 17.9 Å². The summed E-state index contributed by atoms with van der Waals surface area (Å²) in [5, 5.41) is -0.496. The quantitative estimate of drug-likeness (QED) is 0.308. The van der Waals surface area contributed by atoms with Gasteiger partial charge in [0, 0.05) is 25.4 Å². The van der Waals surface area contributed by atoms with Crippen LogP contribution in [-0.4, -0.2) is 44.7 Å². The molecule has 0 saturated heterocycles. The van der Waals surface area contributed by atoms with Crippen molar-refractivity contribution in [3.63, 3.8) is 0 Å². The zero-order valence-corrected chi connectivity index (χ0v) is 19.0. The molecule has 0 spiro atoms. The fourth-order valence-corrected chi connectivity index (χ4v) is 2.93. The largest absolute Gasteiger partial charge is 0.463 e. The van der Waals surface area contributed by atoms with Crippen LogP contribution < -0.4 is 20.7 Å². The smallest absolute Gasteiger partial charge is 0.431 e. The number of nitrogens with zero attached hydrogens (tertiary/aromatic N) is 4. The standard InChI is InChI=1S/C20H13ClF6N4O6/c1-30-12(20(25,26)27)6-14(32)31(19(30)34)16-10(22)5-9(21)17(29-16)37-11-3-2-4-28-18(11)36-8-15(33)35-7-13(23)24/h2-6,13H,7-8H2,1H3. The number of ether oxygens (including phenoxy) is 3. The minimum absolute atomic E-state index is 0.0352. The van der Waals surface area contributed by atoms with Crippen molar-refractivity contribution in [2.75, 3.05) is 13.2 Å². The van der Waals surface area contributed by atoms with Gasteiger partial charge in [-0.15, -0.1) is 0 Å². The molecule has 3 heterocycles. The van der Waals surface area contributed by atoms with Crippen LogP contribution in [0.5, 0.6) is 17.5 Å². The summed E-state index contributed by atoms with van der Waals surface area (Å²) >= 11 is 5.93. The molecule has 0 aliphatic heterocycles. The topological polar surface area (TPSA) is 115 Å². The van der Waals surface area contributed by atoms with Crippen molar-refractivity contribution in [2.24, 2.45) is 7.05 Å². The molecular formula is C20H13ClF6N4O6. The summed E-state index contributed by atoms with van der Waals surface area (Å²) in [5.74, 6) is -4.84. The molecule has 37 heavy (non-hydrogen) atoms. The zero-order valence-electron chi connectivity index (χ0n) is 18.3. The molecule has 3 aromatic heterocycles. The first-order valence-electron chi connectivity index (χ1n) is 9.75. The number of alkyl halides is 5. The van der Waals surface area contributed by atoms with E-state index in [1.807, 2.05) is 0 Å². The molecule has 10 nitrogen and oxygen atoms in total. The maximum absolute atomic E-state index is 14.6. The number of carbonyl (C=O) groups excluding carboxylic acids is 1. The molecule has 0 amide bonds. The second kappa shape index (κ2) is 10.9. The first-order chi connectivity index (χ1) is 17.3. The van der Waals surface area contributed by atoms with Crippen molar-refractivity contribution in [3.05, 3.63) is 67.8 Å². The van der Waals surface area contributed by atoms with E-state index in [9.17, 15) is 40.7 Å². The van der Waals surface area contributed by atoms with Crippen LogP contribution in [0, 0.1) is 5.82 Å².